The van der Waals surface area contributed by atoms with Crippen molar-refractivity contribution in [2.75, 3.05) is 13.2 Å². The number of hydrogen-bond acceptors (Lipinski definition) is 5. The minimum Gasteiger partial charge on any atom is -0.388 e. The predicted molar refractivity (Wildman–Crippen MR) is 66.8 cm³/mol. The molecule has 1 aliphatic rings. The van der Waals surface area contributed by atoms with Crippen LogP contribution in [0.2, 0.25) is 0 Å². The molecule has 102 valence electrons. The molecule has 5 heteroatoms. The lowest BCUT2D eigenvalue weighted by Crippen LogP contribution is -2.53. The molecule has 0 radical (unpaired) electrons. The van der Waals surface area contributed by atoms with Gasteiger partial charge in [-0.1, -0.05) is 31.4 Å². The second-order valence-electron chi connectivity index (χ2n) is 4.05. The zero-order chi connectivity index (χ0) is 13.5. The van der Waals surface area contributed by atoms with Crippen LogP contribution in [0.5, 0.6) is 0 Å². The van der Waals surface area contributed by atoms with Crippen molar-refractivity contribution in [2.24, 2.45) is 0 Å². The van der Waals surface area contributed by atoms with Crippen LogP contribution in [0.3, 0.4) is 0 Å². The van der Waals surface area contributed by atoms with E-state index in [2.05, 4.69) is 13.2 Å². The van der Waals surface area contributed by atoms with Crippen LogP contribution < -0.4 is 0 Å². The average Bonchev–Trinajstić information content (AvgIpc) is 2.37. The summed E-state index contributed by atoms with van der Waals surface area (Å²) in [4.78, 5) is 0. The fourth-order valence-corrected chi connectivity index (χ4v) is 1.62. The molecule has 5 nitrogen and oxygen atoms in total. The summed E-state index contributed by atoms with van der Waals surface area (Å²) in [7, 11) is 0. The zero-order valence-electron chi connectivity index (χ0n) is 10.2. The third kappa shape index (κ3) is 4.04. The molecular weight excluding hydrogens is 236 g/mol. The molecule has 0 saturated carbocycles. The maximum absolute atomic E-state index is 9.62. The van der Waals surface area contributed by atoms with E-state index in [1.807, 2.05) is 6.08 Å². The Balaban J connectivity index is 2.37. The quantitative estimate of drug-likeness (QED) is 0.589. The number of aliphatic hydroxyl groups excluding tert-OH is 3. The molecule has 1 unspecified atom stereocenters. The molecule has 1 heterocycles. The Kier molecular flexibility index (Phi) is 6.24. The van der Waals surface area contributed by atoms with Gasteiger partial charge in [-0.05, 0) is 12.0 Å². The molecule has 0 bridgehead atoms. The van der Waals surface area contributed by atoms with Crippen molar-refractivity contribution in [3.63, 3.8) is 0 Å². The first-order valence-corrected chi connectivity index (χ1v) is 5.81. The number of ether oxygens (including phenoxy) is 2. The maximum Gasteiger partial charge on any atom is 0.186 e. The first kappa shape index (κ1) is 15.1. The normalized spacial score (nSPS) is 33.2. The van der Waals surface area contributed by atoms with Gasteiger partial charge in [0.2, 0.25) is 0 Å². The summed E-state index contributed by atoms with van der Waals surface area (Å²) in [6.07, 6.45) is 1.27. The largest absolute Gasteiger partial charge is 0.388 e. The first-order valence-electron chi connectivity index (χ1n) is 5.81. The summed E-state index contributed by atoms with van der Waals surface area (Å²) in [5.41, 5.74) is 0.955. The van der Waals surface area contributed by atoms with Crippen LogP contribution in [0.25, 0.3) is 0 Å². The maximum atomic E-state index is 9.62. The van der Waals surface area contributed by atoms with Crippen molar-refractivity contribution in [3.05, 3.63) is 37.0 Å². The van der Waals surface area contributed by atoms with E-state index >= 15 is 0 Å². The molecule has 1 saturated heterocycles. The third-order valence-electron chi connectivity index (χ3n) is 2.72. The number of allylic oxidation sites excluding steroid dienone is 3. The summed E-state index contributed by atoms with van der Waals surface area (Å²) in [6, 6.07) is 0. The van der Waals surface area contributed by atoms with Crippen molar-refractivity contribution in [1.82, 2.24) is 0 Å². The van der Waals surface area contributed by atoms with Gasteiger partial charge in [0.1, 0.15) is 18.3 Å². The highest BCUT2D eigenvalue weighted by Crippen LogP contribution is 2.17. The molecule has 1 aliphatic heterocycles. The summed E-state index contributed by atoms with van der Waals surface area (Å²) < 4.78 is 10.4. The monoisotopic (exact) mass is 256 g/mol. The van der Waals surface area contributed by atoms with Crippen molar-refractivity contribution < 1.29 is 24.8 Å². The van der Waals surface area contributed by atoms with Gasteiger partial charge in [0.05, 0.1) is 13.2 Å². The van der Waals surface area contributed by atoms with E-state index in [9.17, 15) is 15.3 Å². The summed E-state index contributed by atoms with van der Waals surface area (Å²) >= 11 is 0. The second-order valence-corrected chi connectivity index (χ2v) is 4.05. The molecule has 0 aromatic carbocycles. The Morgan fingerprint density at radius 2 is 2.00 bits per heavy atom. The first-order chi connectivity index (χ1) is 8.60. The molecule has 3 N–H and O–H groups in total. The Morgan fingerprint density at radius 1 is 1.28 bits per heavy atom. The second kappa shape index (κ2) is 7.45. The van der Waals surface area contributed by atoms with Crippen LogP contribution in [-0.2, 0) is 9.47 Å². The SMILES string of the molecule is C=C/C=C(\C=C)CCOC1OC[C@@H](O)[C@H](O)[C@H]1O. The van der Waals surface area contributed by atoms with Gasteiger partial charge >= 0.3 is 0 Å². The van der Waals surface area contributed by atoms with Crippen molar-refractivity contribution in [1.29, 1.82) is 0 Å². The van der Waals surface area contributed by atoms with Crippen molar-refractivity contribution >= 4 is 0 Å². The van der Waals surface area contributed by atoms with Crippen molar-refractivity contribution in [3.8, 4) is 0 Å². The molecular formula is C13H20O5. The highest BCUT2D eigenvalue weighted by atomic mass is 16.7. The lowest BCUT2D eigenvalue weighted by atomic mass is 10.1. The van der Waals surface area contributed by atoms with Gasteiger partial charge in [-0.25, -0.2) is 0 Å². The standard InChI is InChI=1S/C13H20O5/c1-3-5-9(4-2)6-7-17-13-12(16)11(15)10(14)8-18-13/h3-5,10-16H,1-2,6-8H2/b9-5+/t10-,11+,12-,13?/m1/s1. The van der Waals surface area contributed by atoms with Crippen LogP contribution in [0.15, 0.2) is 37.0 Å². The average molecular weight is 256 g/mol. The summed E-state index contributed by atoms with van der Waals surface area (Å²) in [6.45, 7) is 7.50. The molecule has 0 amide bonds. The molecule has 1 fully saturated rings. The Morgan fingerprint density at radius 3 is 2.61 bits per heavy atom. The minimum atomic E-state index is -1.25. The van der Waals surface area contributed by atoms with Gasteiger partial charge in [0.25, 0.3) is 0 Å². The van der Waals surface area contributed by atoms with Crippen molar-refractivity contribution in [2.45, 2.75) is 31.0 Å². The number of rotatable bonds is 6. The lowest BCUT2D eigenvalue weighted by molar-refractivity contribution is -0.269. The third-order valence-corrected chi connectivity index (χ3v) is 2.72. The van der Waals surface area contributed by atoms with E-state index in [0.717, 1.165) is 5.57 Å². The fraction of sp³-hybridized carbons (Fsp3) is 0.538. The fourth-order valence-electron chi connectivity index (χ4n) is 1.62. The van der Waals surface area contributed by atoms with E-state index < -0.39 is 24.6 Å². The van der Waals surface area contributed by atoms with Gasteiger partial charge in [0.15, 0.2) is 6.29 Å². The van der Waals surface area contributed by atoms with E-state index in [-0.39, 0.29) is 6.61 Å². The van der Waals surface area contributed by atoms with E-state index in [1.165, 1.54) is 0 Å². The molecule has 0 aromatic rings. The van der Waals surface area contributed by atoms with Crippen LogP contribution in [0.4, 0.5) is 0 Å². The Bertz CT molecular complexity index is 313. The van der Waals surface area contributed by atoms with E-state index in [0.29, 0.717) is 13.0 Å². The van der Waals surface area contributed by atoms with Gasteiger partial charge in [-0.3, -0.25) is 0 Å². The van der Waals surface area contributed by atoms with Crippen LogP contribution in [0, 0.1) is 0 Å². The topological polar surface area (TPSA) is 79.2 Å². The van der Waals surface area contributed by atoms with Crippen LogP contribution in [0.1, 0.15) is 6.42 Å². The van der Waals surface area contributed by atoms with E-state index in [4.69, 9.17) is 9.47 Å². The van der Waals surface area contributed by atoms with Gasteiger partial charge < -0.3 is 24.8 Å². The van der Waals surface area contributed by atoms with E-state index in [1.54, 1.807) is 12.2 Å². The predicted octanol–water partition coefficient (Wildman–Crippen LogP) is 0.130. The molecule has 4 atom stereocenters. The number of hydrogen-bond donors (Lipinski definition) is 3. The van der Waals surface area contributed by atoms with Gasteiger partial charge in [-0.15, -0.1) is 0 Å². The highest BCUT2D eigenvalue weighted by Gasteiger charge is 2.37. The Labute approximate surface area is 107 Å². The molecule has 0 spiro atoms. The lowest BCUT2D eigenvalue weighted by Gasteiger charge is -2.34. The number of aliphatic hydroxyl groups is 3. The molecule has 0 aliphatic carbocycles. The minimum absolute atomic E-state index is 0.0558. The summed E-state index contributed by atoms with van der Waals surface area (Å²) in [5.74, 6) is 0. The molecule has 18 heavy (non-hydrogen) atoms. The van der Waals surface area contributed by atoms with Gasteiger partial charge in [0, 0.05) is 0 Å². The Hall–Kier alpha value is -0.980. The van der Waals surface area contributed by atoms with Crippen LogP contribution >= 0.6 is 0 Å². The zero-order valence-corrected chi connectivity index (χ0v) is 10.2. The summed E-state index contributed by atoms with van der Waals surface area (Å²) in [5, 5.41) is 28.3. The molecule has 1 rings (SSSR count). The smallest absolute Gasteiger partial charge is 0.186 e. The highest BCUT2D eigenvalue weighted by molar-refractivity contribution is 5.20. The van der Waals surface area contributed by atoms with Crippen LogP contribution in [-0.4, -0.2) is 53.1 Å². The molecule has 0 aromatic heterocycles. The van der Waals surface area contributed by atoms with Gasteiger partial charge in [-0.2, -0.15) is 0 Å².